The van der Waals surface area contributed by atoms with Crippen LogP contribution in [0.1, 0.15) is 23.2 Å². The van der Waals surface area contributed by atoms with Gasteiger partial charge in [0.25, 0.3) is 0 Å². The molecule has 0 unspecified atom stereocenters. The Morgan fingerprint density at radius 2 is 2.06 bits per heavy atom. The zero-order valence-corrected chi connectivity index (χ0v) is 9.07. The highest BCUT2D eigenvalue weighted by Crippen LogP contribution is 2.32. The minimum atomic E-state index is -3.69. The Kier molecular flexibility index (Phi) is 3.38. The third-order valence-corrected chi connectivity index (χ3v) is 2.46. The lowest BCUT2D eigenvalue weighted by Crippen LogP contribution is -2.29. The molecular formula is C12H12F2O3. The lowest BCUT2D eigenvalue weighted by Gasteiger charge is -2.18. The van der Waals surface area contributed by atoms with E-state index in [9.17, 15) is 13.6 Å². The SMILES string of the molecule is O=Cc1ccccc1OC(F)(F)OCC1CC1. The van der Waals surface area contributed by atoms with Gasteiger partial charge in [-0.25, -0.2) is 0 Å². The molecule has 0 heterocycles. The molecule has 0 N–H and O–H groups in total. The zero-order chi connectivity index (χ0) is 12.3. The average molecular weight is 242 g/mol. The van der Waals surface area contributed by atoms with Crippen molar-refractivity contribution in [2.24, 2.45) is 5.92 Å². The van der Waals surface area contributed by atoms with Crippen molar-refractivity contribution in [1.82, 2.24) is 0 Å². The molecule has 0 radical (unpaired) electrons. The molecule has 92 valence electrons. The maximum Gasteiger partial charge on any atom is 0.535 e. The highest BCUT2D eigenvalue weighted by molar-refractivity contribution is 5.79. The molecule has 0 bridgehead atoms. The Hall–Kier alpha value is -1.49. The number of alkyl halides is 2. The van der Waals surface area contributed by atoms with Gasteiger partial charge < -0.3 is 4.74 Å². The Morgan fingerprint density at radius 1 is 1.35 bits per heavy atom. The van der Waals surface area contributed by atoms with E-state index >= 15 is 0 Å². The summed E-state index contributed by atoms with van der Waals surface area (Å²) in [7, 11) is 0. The fraction of sp³-hybridized carbons (Fsp3) is 0.417. The van der Waals surface area contributed by atoms with E-state index in [0.717, 1.165) is 12.8 Å². The van der Waals surface area contributed by atoms with Crippen molar-refractivity contribution in [3.05, 3.63) is 29.8 Å². The molecule has 0 aromatic heterocycles. The number of carbonyl (C=O) groups is 1. The van der Waals surface area contributed by atoms with E-state index in [1.807, 2.05) is 0 Å². The predicted octanol–water partition coefficient (Wildman–Crippen LogP) is 2.85. The maximum absolute atomic E-state index is 13.3. The summed E-state index contributed by atoms with van der Waals surface area (Å²) in [5.41, 5.74) is 0.0715. The molecular weight excluding hydrogens is 230 g/mol. The van der Waals surface area contributed by atoms with Crippen molar-refractivity contribution in [2.75, 3.05) is 6.61 Å². The number of benzene rings is 1. The molecule has 0 spiro atoms. The van der Waals surface area contributed by atoms with Gasteiger partial charge in [0.05, 0.1) is 12.2 Å². The molecule has 0 atom stereocenters. The molecule has 1 aromatic carbocycles. The van der Waals surface area contributed by atoms with Crippen LogP contribution >= 0.6 is 0 Å². The van der Waals surface area contributed by atoms with Crippen molar-refractivity contribution in [2.45, 2.75) is 19.1 Å². The van der Waals surface area contributed by atoms with Gasteiger partial charge in [-0.15, -0.1) is 8.78 Å². The molecule has 0 saturated heterocycles. The molecule has 1 fully saturated rings. The summed E-state index contributed by atoms with van der Waals surface area (Å²) in [6, 6.07) is 5.79. The van der Waals surface area contributed by atoms with E-state index in [1.165, 1.54) is 18.2 Å². The molecule has 1 aliphatic rings. The van der Waals surface area contributed by atoms with Crippen LogP contribution in [0.25, 0.3) is 0 Å². The van der Waals surface area contributed by atoms with Crippen LogP contribution in [0.2, 0.25) is 0 Å². The number of carbonyl (C=O) groups excluding carboxylic acids is 1. The molecule has 2 rings (SSSR count). The fourth-order valence-electron chi connectivity index (χ4n) is 1.33. The van der Waals surface area contributed by atoms with Crippen molar-refractivity contribution >= 4 is 6.29 Å². The maximum atomic E-state index is 13.3. The Bertz CT molecular complexity index is 402. The Morgan fingerprint density at radius 3 is 2.71 bits per heavy atom. The molecule has 1 aromatic rings. The first-order chi connectivity index (χ1) is 8.11. The first-order valence-electron chi connectivity index (χ1n) is 5.36. The monoisotopic (exact) mass is 242 g/mol. The second kappa shape index (κ2) is 4.79. The van der Waals surface area contributed by atoms with Gasteiger partial charge in [-0.1, -0.05) is 12.1 Å². The molecule has 1 aliphatic carbocycles. The van der Waals surface area contributed by atoms with Gasteiger partial charge in [0.15, 0.2) is 6.29 Å². The minimum Gasteiger partial charge on any atom is -0.409 e. The van der Waals surface area contributed by atoms with E-state index < -0.39 is 6.29 Å². The normalized spacial score (nSPS) is 15.6. The van der Waals surface area contributed by atoms with E-state index in [1.54, 1.807) is 6.07 Å². The largest absolute Gasteiger partial charge is 0.535 e. The van der Waals surface area contributed by atoms with Crippen LogP contribution in [0.15, 0.2) is 24.3 Å². The van der Waals surface area contributed by atoms with Crippen LogP contribution < -0.4 is 4.74 Å². The van der Waals surface area contributed by atoms with Crippen molar-refractivity contribution in [3.8, 4) is 5.75 Å². The van der Waals surface area contributed by atoms with Crippen LogP contribution in [0.3, 0.4) is 0 Å². The van der Waals surface area contributed by atoms with Gasteiger partial charge in [0, 0.05) is 0 Å². The summed E-state index contributed by atoms with van der Waals surface area (Å²) in [6.45, 7) is -0.0176. The van der Waals surface area contributed by atoms with Crippen LogP contribution in [0.5, 0.6) is 5.75 Å². The first kappa shape index (κ1) is 12.0. The summed E-state index contributed by atoms with van der Waals surface area (Å²) in [5.74, 6) is 0.0362. The number of para-hydroxylation sites is 1. The van der Waals surface area contributed by atoms with E-state index in [2.05, 4.69) is 9.47 Å². The number of ether oxygens (including phenoxy) is 2. The third-order valence-electron chi connectivity index (χ3n) is 2.46. The number of hydrogen-bond donors (Lipinski definition) is 0. The smallest absolute Gasteiger partial charge is 0.409 e. The molecule has 17 heavy (non-hydrogen) atoms. The number of halogens is 2. The van der Waals surface area contributed by atoms with Gasteiger partial charge in [-0.2, -0.15) is 0 Å². The Labute approximate surface area is 97.3 Å². The lowest BCUT2D eigenvalue weighted by molar-refractivity contribution is -0.354. The summed E-state index contributed by atoms with van der Waals surface area (Å²) >= 11 is 0. The van der Waals surface area contributed by atoms with Gasteiger partial charge in [0.2, 0.25) is 0 Å². The van der Waals surface area contributed by atoms with Crippen molar-refractivity contribution in [1.29, 1.82) is 0 Å². The van der Waals surface area contributed by atoms with Crippen LogP contribution in [0.4, 0.5) is 8.78 Å². The highest BCUT2D eigenvalue weighted by atomic mass is 19.3. The molecule has 1 saturated carbocycles. The average Bonchev–Trinajstić information content (AvgIpc) is 3.11. The topological polar surface area (TPSA) is 35.5 Å². The number of aldehydes is 1. The van der Waals surface area contributed by atoms with E-state index in [0.29, 0.717) is 6.29 Å². The van der Waals surface area contributed by atoms with E-state index in [4.69, 9.17) is 0 Å². The van der Waals surface area contributed by atoms with Crippen LogP contribution in [0, 0.1) is 5.92 Å². The van der Waals surface area contributed by atoms with Gasteiger partial charge in [-0.3, -0.25) is 9.53 Å². The van der Waals surface area contributed by atoms with Gasteiger partial charge in [0.1, 0.15) is 5.75 Å². The lowest BCUT2D eigenvalue weighted by atomic mass is 10.2. The minimum absolute atomic E-state index is 0.0176. The molecule has 0 aliphatic heterocycles. The second-order valence-corrected chi connectivity index (χ2v) is 3.98. The van der Waals surface area contributed by atoms with Crippen molar-refractivity contribution in [3.63, 3.8) is 0 Å². The third kappa shape index (κ3) is 3.49. The van der Waals surface area contributed by atoms with Crippen LogP contribution in [-0.2, 0) is 4.74 Å². The standard InChI is InChI=1S/C12H12F2O3/c13-12(14,16-8-9-5-6-9)17-11-4-2-1-3-10(11)7-15/h1-4,7,9H,5-6,8H2. The second-order valence-electron chi connectivity index (χ2n) is 3.98. The highest BCUT2D eigenvalue weighted by Gasteiger charge is 2.37. The predicted molar refractivity (Wildman–Crippen MR) is 56.1 cm³/mol. The number of rotatable bonds is 6. The molecule has 0 amide bonds. The fourth-order valence-corrected chi connectivity index (χ4v) is 1.33. The quantitative estimate of drug-likeness (QED) is 0.568. The summed E-state index contributed by atoms with van der Waals surface area (Å²) in [6.07, 6.45) is -1.39. The Balaban J connectivity index is 1.99. The summed E-state index contributed by atoms with van der Waals surface area (Å²) in [5, 5.41) is 0. The van der Waals surface area contributed by atoms with E-state index in [-0.39, 0.29) is 23.8 Å². The summed E-state index contributed by atoms with van der Waals surface area (Å²) in [4.78, 5) is 10.6. The molecule has 5 heteroatoms. The van der Waals surface area contributed by atoms with Crippen LogP contribution in [-0.4, -0.2) is 19.2 Å². The zero-order valence-electron chi connectivity index (χ0n) is 9.07. The first-order valence-corrected chi connectivity index (χ1v) is 5.36. The van der Waals surface area contributed by atoms with Gasteiger partial charge >= 0.3 is 6.29 Å². The van der Waals surface area contributed by atoms with Crippen molar-refractivity contribution < 1.29 is 23.0 Å². The summed E-state index contributed by atoms with van der Waals surface area (Å²) < 4.78 is 35.3. The van der Waals surface area contributed by atoms with Gasteiger partial charge in [-0.05, 0) is 30.9 Å². The number of hydrogen-bond acceptors (Lipinski definition) is 3. The molecule has 3 nitrogen and oxygen atoms in total.